The largest absolute Gasteiger partial charge is 0.416 e. The number of hydrogen-bond acceptors (Lipinski definition) is 5. The molecule has 1 N–H and O–H groups in total. The zero-order valence-corrected chi connectivity index (χ0v) is 20.4. The lowest BCUT2D eigenvalue weighted by Crippen LogP contribution is -2.62. The molecule has 1 aromatic rings. The molecule has 0 bridgehead atoms. The Morgan fingerprint density at radius 1 is 1.06 bits per heavy atom. The number of carbonyl (C=O) groups is 1. The molecule has 1 aliphatic carbocycles. The maximum atomic E-state index is 13.4. The maximum absolute atomic E-state index is 13.4. The predicted molar refractivity (Wildman–Crippen MR) is 128 cm³/mol. The molecule has 35 heavy (non-hydrogen) atoms. The van der Waals surface area contributed by atoms with Crippen LogP contribution in [0.3, 0.4) is 0 Å². The highest BCUT2D eigenvalue weighted by molar-refractivity contribution is 5.82. The molecule has 1 saturated carbocycles. The van der Waals surface area contributed by atoms with Crippen LogP contribution in [0.25, 0.3) is 0 Å². The summed E-state index contributed by atoms with van der Waals surface area (Å²) in [5.74, 6) is -0.399. The minimum absolute atomic E-state index is 0.0155. The molecule has 9 heteroatoms. The van der Waals surface area contributed by atoms with E-state index in [1.807, 2.05) is 0 Å². The number of nitrogens with one attached hydrogen (secondary N) is 1. The van der Waals surface area contributed by atoms with Crippen LogP contribution >= 0.6 is 0 Å². The lowest BCUT2D eigenvalue weighted by atomic mass is 9.82. The molecule has 3 fully saturated rings. The SMILES string of the molecule is O=C(NCCN1CCOCC1)C1Cc2cc(C(F)(F)F)ccc2N2CCN(C3CCCCC3)CC12. The number of anilines is 1. The van der Waals surface area contributed by atoms with Crippen molar-refractivity contribution in [2.24, 2.45) is 5.92 Å². The third-order valence-corrected chi connectivity index (χ3v) is 8.33. The standard InChI is InChI=1S/C26H37F3N4O2/c27-26(28,29)20-6-7-23-19(16-20)17-22(25(34)30-8-9-31-12-14-35-15-13-31)24-18-32(10-11-33(23)24)21-4-2-1-3-5-21/h6-7,16,21-22,24H,1-5,8-15,17-18H2,(H,30,34). The topological polar surface area (TPSA) is 48.1 Å². The number of rotatable bonds is 5. The fourth-order valence-electron chi connectivity index (χ4n) is 6.39. The van der Waals surface area contributed by atoms with Crippen molar-refractivity contribution >= 4 is 11.6 Å². The van der Waals surface area contributed by atoms with Crippen LogP contribution in [0.2, 0.25) is 0 Å². The molecule has 2 unspecified atom stereocenters. The van der Waals surface area contributed by atoms with Gasteiger partial charge in [-0.25, -0.2) is 0 Å². The Bertz CT molecular complexity index is 884. The molecule has 1 amide bonds. The fourth-order valence-corrected chi connectivity index (χ4v) is 6.39. The molecular weight excluding hydrogens is 457 g/mol. The van der Waals surface area contributed by atoms with Crippen LogP contribution in [-0.2, 0) is 22.1 Å². The number of nitrogens with zero attached hydrogens (tertiary/aromatic N) is 3. The molecule has 4 aliphatic rings. The third-order valence-electron chi connectivity index (χ3n) is 8.33. The van der Waals surface area contributed by atoms with Gasteiger partial charge in [-0.3, -0.25) is 14.6 Å². The lowest BCUT2D eigenvalue weighted by molar-refractivity contribution is -0.137. The normalized spacial score (nSPS) is 26.8. The number of carbonyl (C=O) groups excluding carboxylic acids is 1. The number of piperazine rings is 1. The molecule has 6 nitrogen and oxygen atoms in total. The van der Waals surface area contributed by atoms with Crippen LogP contribution < -0.4 is 10.2 Å². The molecule has 2 saturated heterocycles. The van der Waals surface area contributed by atoms with E-state index in [0.29, 0.717) is 37.8 Å². The minimum atomic E-state index is -4.39. The van der Waals surface area contributed by atoms with Gasteiger partial charge < -0.3 is 15.0 Å². The molecule has 194 valence electrons. The number of benzene rings is 1. The van der Waals surface area contributed by atoms with E-state index in [2.05, 4.69) is 20.0 Å². The van der Waals surface area contributed by atoms with Crippen molar-refractivity contribution in [2.45, 2.75) is 56.8 Å². The summed E-state index contributed by atoms with van der Waals surface area (Å²) in [4.78, 5) is 20.5. The average Bonchev–Trinajstić information content (AvgIpc) is 2.88. The zero-order chi connectivity index (χ0) is 24.4. The first-order valence-corrected chi connectivity index (χ1v) is 13.2. The van der Waals surface area contributed by atoms with Crippen LogP contribution in [0.4, 0.5) is 18.9 Å². The van der Waals surface area contributed by atoms with E-state index < -0.39 is 11.7 Å². The summed E-state index contributed by atoms with van der Waals surface area (Å²) in [6, 6.07) is 4.61. The summed E-state index contributed by atoms with van der Waals surface area (Å²) in [6.07, 6.45) is 2.17. The number of alkyl halides is 3. The van der Waals surface area contributed by atoms with Crippen molar-refractivity contribution in [1.82, 2.24) is 15.1 Å². The van der Waals surface area contributed by atoms with Gasteiger partial charge in [0, 0.05) is 57.5 Å². The first-order chi connectivity index (χ1) is 16.9. The van der Waals surface area contributed by atoms with Gasteiger partial charge in [0.25, 0.3) is 0 Å². The van der Waals surface area contributed by atoms with Gasteiger partial charge in [0.2, 0.25) is 5.91 Å². The van der Waals surface area contributed by atoms with Gasteiger partial charge in [-0.1, -0.05) is 19.3 Å². The number of halogens is 3. The van der Waals surface area contributed by atoms with Crippen molar-refractivity contribution in [3.8, 4) is 0 Å². The Kier molecular flexibility index (Phi) is 7.55. The number of morpholine rings is 1. The molecule has 3 heterocycles. The van der Waals surface area contributed by atoms with E-state index in [0.717, 1.165) is 45.0 Å². The van der Waals surface area contributed by atoms with E-state index in [1.54, 1.807) is 6.07 Å². The van der Waals surface area contributed by atoms with Crippen LogP contribution in [0, 0.1) is 5.92 Å². The number of fused-ring (bicyclic) bond motifs is 3. The van der Waals surface area contributed by atoms with E-state index >= 15 is 0 Å². The second kappa shape index (κ2) is 10.6. The first kappa shape index (κ1) is 24.8. The average molecular weight is 495 g/mol. The van der Waals surface area contributed by atoms with Gasteiger partial charge in [-0.15, -0.1) is 0 Å². The molecule has 0 spiro atoms. The maximum Gasteiger partial charge on any atom is 0.416 e. The van der Waals surface area contributed by atoms with Gasteiger partial charge in [-0.05, 0) is 43.0 Å². The molecule has 5 rings (SSSR count). The van der Waals surface area contributed by atoms with Crippen molar-refractivity contribution < 1.29 is 22.7 Å². The van der Waals surface area contributed by atoms with Crippen LogP contribution in [-0.4, -0.2) is 86.8 Å². The molecular formula is C26H37F3N4O2. The van der Waals surface area contributed by atoms with E-state index in [-0.39, 0.29) is 17.9 Å². The summed E-state index contributed by atoms with van der Waals surface area (Å²) in [5.41, 5.74) is 0.862. The second-order valence-corrected chi connectivity index (χ2v) is 10.4. The Morgan fingerprint density at radius 3 is 2.57 bits per heavy atom. The highest BCUT2D eigenvalue weighted by Crippen LogP contribution is 2.40. The first-order valence-electron chi connectivity index (χ1n) is 13.2. The molecule has 0 radical (unpaired) electrons. The van der Waals surface area contributed by atoms with Crippen molar-refractivity contribution in [2.75, 3.05) is 63.9 Å². The predicted octanol–water partition coefficient (Wildman–Crippen LogP) is 3.15. The second-order valence-electron chi connectivity index (χ2n) is 10.4. The zero-order valence-electron chi connectivity index (χ0n) is 20.4. The summed E-state index contributed by atoms with van der Waals surface area (Å²) >= 11 is 0. The Labute approximate surface area is 205 Å². The quantitative estimate of drug-likeness (QED) is 0.682. The van der Waals surface area contributed by atoms with Crippen LogP contribution in [0.1, 0.15) is 43.2 Å². The minimum Gasteiger partial charge on any atom is -0.379 e. The summed E-state index contributed by atoms with van der Waals surface area (Å²) < 4.78 is 45.7. The van der Waals surface area contributed by atoms with Crippen LogP contribution in [0.5, 0.6) is 0 Å². The van der Waals surface area contributed by atoms with Crippen molar-refractivity contribution in [3.05, 3.63) is 29.3 Å². The van der Waals surface area contributed by atoms with Gasteiger partial charge in [-0.2, -0.15) is 13.2 Å². The van der Waals surface area contributed by atoms with E-state index in [4.69, 9.17) is 4.74 Å². The third kappa shape index (κ3) is 5.62. The number of hydrogen-bond donors (Lipinski definition) is 1. The summed E-state index contributed by atoms with van der Waals surface area (Å²) in [7, 11) is 0. The van der Waals surface area contributed by atoms with Gasteiger partial charge in [0.05, 0.1) is 30.7 Å². The Hall–Kier alpha value is -1.84. The van der Waals surface area contributed by atoms with Crippen molar-refractivity contribution in [1.29, 1.82) is 0 Å². The van der Waals surface area contributed by atoms with E-state index in [9.17, 15) is 18.0 Å². The van der Waals surface area contributed by atoms with Gasteiger partial charge in [0.15, 0.2) is 0 Å². The molecule has 2 atom stereocenters. The van der Waals surface area contributed by atoms with E-state index in [1.165, 1.54) is 44.2 Å². The smallest absolute Gasteiger partial charge is 0.379 e. The molecule has 1 aromatic carbocycles. The van der Waals surface area contributed by atoms with Crippen LogP contribution in [0.15, 0.2) is 18.2 Å². The number of ether oxygens (including phenoxy) is 1. The van der Waals surface area contributed by atoms with Gasteiger partial charge >= 0.3 is 6.18 Å². The molecule has 0 aromatic heterocycles. The Balaban J connectivity index is 1.33. The summed E-state index contributed by atoms with van der Waals surface area (Å²) in [6.45, 7) is 6.89. The Morgan fingerprint density at radius 2 is 1.83 bits per heavy atom. The molecule has 3 aliphatic heterocycles. The van der Waals surface area contributed by atoms with Crippen molar-refractivity contribution in [3.63, 3.8) is 0 Å². The van der Waals surface area contributed by atoms with Gasteiger partial charge in [0.1, 0.15) is 0 Å². The number of amides is 1. The highest BCUT2D eigenvalue weighted by Gasteiger charge is 2.43. The fraction of sp³-hybridized carbons (Fsp3) is 0.731. The monoisotopic (exact) mass is 494 g/mol. The highest BCUT2D eigenvalue weighted by atomic mass is 19.4. The summed E-state index contributed by atoms with van der Waals surface area (Å²) in [5, 5.41) is 3.11. The lowest BCUT2D eigenvalue weighted by Gasteiger charge is -2.51.